The summed E-state index contributed by atoms with van der Waals surface area (Å²) in [4.78, 5) is 1.80. The van der Waals surface area contributed by atoms with Gasteiger partial charge in [-0.25, -0.2) is 0 Å². The molecule has 1 aliphatic heterocycles. The van der Waals surface area contributed by atoms with E-state index in [1.807, 2.05) is 12.1 Å². The number of piperidine rings is 1. The van der Waals surface area contributed by atoms with Gasteiger partial charge in [0, 0.05) is 13.2 Å². The minimum Gasteiger partial charge on any atom is -0.395 e. The molecule has 4 unspecified atom stereocenters. The van der Waals surface area contributed by atoms with Crippen molar-refractivity contribution in [3.8, 4) is 11.1 Å². The summed E-state index contributed by atoms with van der Waals surface area (Å²) in [5.74, 6) is 0. The molecule has 1 heterocycles. The molecule has 4 N–H and O–H groups in total. The number of alkyl halides is 3. The Morgan fingerprint density at radius 1 is 0.912 bits per heavy atom. The number of aliphatic hydroxyl groups excluding tert-OH is 4. The molecule has 188 valence electrons. The zero-order chi connectivity index (χ0) is 24.7. The molecule has 0 aromatic heterocycles. The van der Waals surface area contributed by atoms with Crippen molar-refractivity contribution < 1.29 is 38.3 Å². The van der Waals surface area contributed by atoms with Crippen LogP contribution in [-0.2, 0) is 17.5 Å². The van der Waals surface area contributed by atoms with Gasteiger partial charge in [-0.15, -0.1) is 0 Å². The van der Waals surface area contributed by atoms with Gasteiger partial charge in [-0.1, -0.05) is 36.4 Å². The topological polar surface area (TPSA) is 93.4 Å². The van der Waals surface area contributed by atoms with Crippen LogP contribution < -0.4 is 0 Å². The van der Waals surface area contributed by atoms with Crippen LogP contribution in [0.15, 0.2) is 48.5 Å². The van der Waals surface area contributed by atoms with Gasteiger partial charge in [0.25, 0.3) is 0 Å². The van der Waals surface area contributed by atoms with Gasteiger partial charge in [0.2, 0.25) is 0 Å². The fourth-order valence-electron chi connectivity index (χ4n) is 4.19. The lowest BCUT2D eigenvalue weighted by molar-refractivity contribution is -0.145. The van der Waals surface area contributed by atoms with Crippen molar-refractivity contribution in [2.45, 2.75) is 56.4 Å². The second kappa shape index (κ2) is 12.1. The molecule has 2 aromatic carbocycles. The SMILES string of the molecule is OCC1C(O)C(O)C(O)CN1CCCCCOCc1ccc(-c2cccc(C(F)(F)F)c2)cc1. The number of rotatable bonds is 10. The molecule has 9 heteroatoms. The lowest BCUT2D eigenvalue weighted by atomic mass is 9.94. The van der Waals surface area contributed by atoms with Crippen LogP contribution in [0.25, 0.3) is 11.1 Å². The Morgan fingerprint density at radius 2 is 1.65 bits per heavy atom. The fraction of sp³-hybridized carbons (Fsp3) is 0.520. The summed E-state index contributed by atoms with van der Waals surface area (Å²) >= 11 is 0. The average Bonchev–Trinajstić information content (AvgIpc) is 2.82. The number of hydrogen-bond donors (Lipinski definition) is 4. The number of hydrogen-bond acceptors (Lipinski definition) is 6. The summed E-state index contributed by atoms with van der Waals surface area (Å²) < 4.78 is 44.4. The molecule has 0 saturated carbocycles. The molecule has 0 bridgehead atoms. The summed E-state index contributed by atoms with van der Waals surface area (Å²) in [5, 5.41) is 39.1. The van der Waals surface area contributed by atoms with Crippen molar-refractivity contribution >= 4 is 0 Å². The van der Waals surface area contributed by atoms with Crippen LogP contribution in [0.1, 0.15) is 30.4 Å². The van der Waals surface area contributed by atoms with E-state index in [1.54, 1.807) is 23.1 Å². The van der Waals surface area contributed by atoms with Crippen LogP contribution in [0.4, 0.5) is 13.2 Å². The summed E-state index contributed by atoms with van der Waals surface area (Å²) in [6, 6.07) is 11.9. The molecule has 34 heavy (non-hydrogen) atoms. The minimum atomic E-state index is -4.37. The summed E-state index contributed by atoms with van der Waals surface area (Å²) in [6.45, 7) is 1.45. The number of aliphatic hydroxyl groups is 4. The van der Waals surface area contributed by atoms with Gasteiger partial charge >= 0.3 is 6.18 Å². The Morgan fingerprint density at radius 3 is 2.32 bits per heavy atom. The third-order valence-electron chi connectivity index (χ3n) is 6.20. The molecule has 0 amide bonds. The molecule has 2 aromatic rings. The van der Waals surface area contributed by atoms with E-state index >= 15 is 0 Å². The molecular weight excluding hydrogens is 451 g/mol. The number of β-amino-alcohol motifs (C(OH)–C–C–N with tert-alkyl or cyclic N) is 1. The van der Waals surface area contributed by atoms with Crippen molar-refractivity contribution in [2.75, 3.05) is 26.3 Å². The maximum Gasteiger partial charge on any atom is 0.416 e. The first-order valence-corrected chi connectivity index (χ1v) is 11.4. The predicted molar refractivity (Wildman–Crippen MR) is 121 cm³/mol. The summed E-state index contributed by atoms with van der Waals surface area (Å²) in [5.41, 5.74) is 1.47. The second-order valence-corrected chi connectivity index (χ2v) is 8.68. The van der Waals surface area contributed by atoms with Crippen LogP contribution in [0.3, 0.4) is 0 Å². The molecule has 3 rings (SSSR count). The standard InChI is InChI=1S/C25H32F3NO5/c26-25(27,28)20-6-4-5-19(13-20)18-9-7-17(8-10-18)16-34-12-3-1-2-11-29-14-22(31)24(33)23(32)21(29)15-30/h4-10,13,21-24,30-33H,1-3,11-12,14-16H2. The minimum absolute atomic E-state index is 0.205. The Hall–Kier alpha value is -2.01. The molecule has 0 radical (unpaired) electrons. The van der Waals surface area contributed by atoms with Gasteiger partial charge in [0.15, 0.2) is 0 Å². The quantitative estimate of drug-likeness (QED) is 0.389. The first kappa shape index (κ1) is 26.6. The predicted octanol–water partition coefficient (Wildman–Crippen LogP) is 2.82. The van der Waals surface area contributed by atoms with Gasteiger partial charge in [-0.05, 0) is 54.6 Å². The number of nitrogens with zero attached hydrogens (tertiary/aromatic N) is 1. The van der Waals surface area contributed by atoms with Gasteiger partial charge in [0.1, 0.15) is 12.2 Å². The number of likely N-dealkylation sites (tertiary alicyclic amines) is 1. The first-order valence-electron chi connectivity index (χ1n) is 11.4. The van der Waals surface area contributed by atoms with Crippen molar-refractivity contribution in [1.82, 2.24) is 4.90 Å². The highest BCUT2D eigenvalue weighted by molar-refractivity contribution is 5.64. The number of unbranched alkanes of at least 4 members (excludes halogenated alkanes) is 2. The third kappa shape index (κ3) is 7.00. The van der Waals surface area contributed by atoms with E-state index in [9.17, 15) is 33.6 Å². The van der Waals surface area contributed by atoms with Crippen molar-refractivity contribution in [1.29, 1.82) is 0 Å². The van der Waals surface area contributed by atoms with E-state index < -0.39 is 36.1 Å². The lowest BCUT2D eigenvalue weighted by Crippen LogP contribution is -2.62. The first-order chi connectivity index (χ1) is 16.2. The Bertz CT molecular complexity index is 893. The highest BCUT2D eigenvalue weighted by Gasteiger charge is 2.40. The smallest absolute Gasteiger partial charge is 0.395 e. The maximum atomic E-state index is 12.9. The van der Waals surface area contributed by atoms with Crippen molar-refractivity contribution in [3.63, 3.8) is 0 Å². The van der Waals surface area contributed by atoms with E-state index in [1.165, 1.54) is 6.07 Å². The Balaban J connectivity index is 1.36. The zero-order valence-corrected chi connectivity index (χ0v) is 18.9. The molecule has 1 aliphatic rings. The van der Waals surface area contributed by atoms with Gasteiger partial charge in [-0.2, -0.15) is 13.2 Å². The molecule has 0 spiro atoms. The molecule has 1 saturated heterocycles. The van der Waals surface area contributed by atoms with E-state index in [2.05, 4.69) is 0 Å². The largest absolute Gasteiger partial charge is 0.416 e. The zero-order valence-electron chi connectivity index (χ0n) is 18.9. The average molecular weight is 484 g/mol. The fourth-order valence-corrected chi connectivity index (χ4v) is 4.19. The van der Waals surface area contributed by atoms with Gasteiger partial charge in [-0.3, -0.25) is 4.90 Å². The Labute approximate surface area is 197 Å². The molecule has 1 fully saturated rings. The third-order valence-corrected chi connectivity index (χ3v) is 6.20. The van der Waals surface area contributed by atoms with Crippen LogP contribution in [0, 0.1) is 0 Å². The second-order valence-electron chi connectivity index (χ2n) is 8.68. The van der Waals surface area contributed by atoms with Crippen LogP contribution in [0.2, 0.25) is 0 Å². The highest BCUT2D eigenvalue weighted by atomic mass is 19.4. The number of ether oxygens (including phenoxy) is 1. The molecule has 4 atom stereocenters. The van der Waals surface area contributed by atoms with Crippen molar-refractivity contribution in [3.05, 3.63) is 59.7 Å². The van der Waals surface area contributed by atoms with Gasteiger partial charge in [0.05, 0.1) is 30.9 Å². The van der Waals surface area contributed by atoms with E-state index in [0.29, 0.717) is 30.9 Å². The number of benzene rings is 2. The normalized spacial score (nSPS) is 23.9. The van der Waals surface area contributed by atoms with E-state index in [4.69, 9.17) is 4.74 Å². The van der Waals surface area contributed by atoms with Crippen LogP contribution in [-0.4, -0.2) is 76.0 Å². The Kier molecular flexibility index (Phi) is 9.47. The highest BCUT2D eigenvalue weighted by Crippen LogP contribution is 2.32. The lowest BCUT2D eigenvalue weighted by Gasteiger charge is -2.43. The van der Waals surface area contributed by atoms with E-state index in [-0.39, 0.29) is 13.2 Å². The summed E-state index contributed by atoms with van der Waals surface area (Å²) in [7, 11) is 0. The molecule has 0 aliphatic carbocycles. The molecule has 6 nitrogen and oxygen atoms in total. The van der Waals surface area contributed by atoms with E-state index in [0.717, 1.165) is 37.0 Å². The summed E-state index contributed by atoms with van der Waals surface area (Å²) in [6.07, 6.45) is -5.38. The van der Waals surface area contributed by atoms with Crippen LogP contribution >= 0.6 is 0 Å². The number of halogens is 3. The molecular formula is C25H32F3NO5. The van der Waals surface area contributed by atoms with Gasteiger partial charge < -0.3 is 25.2 Å². The monoisotopic (exact) mass is 483 g/mol. The van der Waals surface area contributed by atoms with Crippen LogP contribution in [0.5, 0.6) is 0 Å². The van der Waals surface area contributed by atoms with Crippen molar-refractivity contribution in [2.24, 2.45) is 0 Å². The maximum absolute atomic E-state index is 12.9.